The molecule has 0 unspecified atom stereocenters. The average molecular weight is 335 g/mol. The number of rotatable bonds is 2. The zero-order valence-corrected chi connectivity index (χ0v) is 13.8. The molecule has 5 rings (SSSR count). The van der Waals surface area contributed by atoms with Gasteiger partial charge in [0, 0.05) is 13.7 Å². The van der Waals surface area contributed by atoms with Crippen molar-refractivity contribution in [2.45, 2.75) is 25.5 Å². The molecule has 1 aliphatic heterocycles. The number of aromatic nitrogens is 5. The number of hydrogen-bond donors (Lipinski definition) is 0. The molecule has 0 bridgehead atoms. The van der Waals surface area contributed by atoms with E-state index in [9.17, 15) is 4.79 Å². The Hall–Kier alpha value is -2.80. The molecule has 0 aliphatic carbocycles. The van der Waals surface area contributed by atoms with Crippen molar-refractivity contribution in [2.75, 3.05) is 6.61 Å². The standard InChI is InChI=1S/C18H17N5O2/c1-22-16-14(15-17(22)21-13-7-3-2-6-12(13)20-15)18(24)23(10-19-16)9-11-5-4-8-25-11/h2-3,6-7,10-11H,4-5,8-9H2,1H3/t11-/m1/s1. The molecule has 0 spiro atoms. The van der Waals surface area contributed by atoms with Crippen LogP contribution in [0.5, 0.6) is 0 Å². The molecule has 1 aliphatic rings. The van der Waals surface area contributed by atoms with Crippen LogP contribution < -0.4 is 5.56 Å². The zero-order valence-electron chi connectivity index (χ0n) is 13.8. The molecule has 0 amide bonds. The Kier molecular flexibility index (Phi) is 3.11. The van der Waals surface area contributed by atoms with Gasteiger partial charge in [0.2, 0.25) is 0 Å². The quantitative estimate of drug-likeness (QED) is 0.560. The predicted octanol–water partition coefficient (Wildman–Crippen LogP) is 2.01. The maximum atomic E-state index is 13.1. The van der Waals surface area contributed by atoms with Crippen LogP contribution in [0.2, 0.25) is 0 Å². The van der Waals surface area contributed by atoms with Gasteiger partial charge in [0.25, 0.3) is 5.56 Å². The Bertz CT molecular complexity index is 1170. The van der Waals surface area contributed by atoms with Crippen molar-refractivity contribution in [1.29, 1.82) is 0 Å². The van der Waals surface area contributed by atoms with Gasteiger partial charge in [-0.2, -0.15) is 0 Å². The van der Waals surface area contributed by atoms with E-state index < -0.39 is 0 Å². The maximum Gasteiger partial charge on any atom is 0.265 e. The predicted molar refractivity (Wildman–Crippen MR) is 94.6 cm³/mol. The van der Waals surface area contributed by atoms with Crippen LogP contribution in [0, 0.1) is 0 Å². The lowest BCUT2D eigenvalue weighted by Crippen LogP contribution is -2.26. The molecule has 1 aromatic carbocycles. The summed E-state index contributed by atoms with van der Waals surface area (Å²) in [7, 11) is 1.87. The molecule has 0 radical (unpaired) electrons. The highest BCUT2D eigenvalue weighted by Crippen LogP contribution is 2.23. The van der Waals surface area contributed by atoms with Gasteiger partial charge in [-0.05, 0) is 25.0 Å². The van der Waals surface area contributed by atoms with Crippen molar-refractivity contribution in [3.8, 4) is 0 Å². The number of aryl methyl sites for hydroxylation is 1. The zero-order chi connectivity index (χ0) is 17.0. The van der Waals surface area contributed by atoms with Crippen LogP contribution in [-0.4, -0.2) is 36.8 Å². The summed E-state index contributed by atoms with van der Waals surface area (Å²) < 4.78 is 9.12. The van der Waals surface area contributed by atoms with E-state index in [1.165, 1.54) is 0 Å². The van der Waals surface area contributed by atoms with Crippen molar-refractivity contribution in [1.82, 2.24) is 24.1 Å². The number of hydrogen-bond acceptors (Lipinski definition) is 5. The molecule has 25 heavy (non-hydrogen) atoms. The topological polar surface area (TPSA) is 74.8 Å². The number of ether oxygens (including phenoxy) is 1. The number of fused-ring (bicyclic) bond motifs is 4. The fourth-order valence-corrected chi connectivity index (χ4v) is 3.57. The number of benzene rings is 1. The molecule has 4 aromatic rings. The van der Waals surface area contributed by atoms with Gasteiger partial charge in [0.1, 0.15) is 10.9 Å². The van der Waals surface area contributed by atoms with Gasteiger partial charge in [-0.3, -0.25) is 9.36 Å². The Labute approximate surface area is 142 Å². The summed E-state index contributed by atoms with van der Waals surface area (Å²) in [6.45, 7) is 1.29. The Balaban J connectivity index is 1.79. The molecule has 1 fully saturated rings. The summed E-state index contributed by atoms with van der Waals surface area (Å²) in [5.41, 5.74) is 3.38. The second kappa shape index (κ2) is 5.35. The normalized spacial score (nSPS) is 17.9. The van der Waals surface area contributed by atoms with E-state index in [1.54, 1.807) is 10.9 Å². The molecule has 0 N–H and O–H groups in total. The fraction of sp³-hybridized carbons (Fsp3) is 0.333. The van der Waals surface area contributed by atoms with Gasteiger partial charge in [-0.15, -0.1) is 0 Å². The first-order chi connectivity index (χ1) is 12.2. The largest absolute Gasteiger partial charge is 0.376 e. The van der Waals surface area contributed by atoms with Crippen LogP contribution in [0.15, 0.2) is 35.4 Å². The molecular weight excluding hydrogens is 318 g/mol. The van der Waals surface area contributed by atoms with Gasteiger partial charge in [0.05, 0.1) is 30.0 Å². The highest BCUT2D eigenvalue weighted by molar-refractivity contribution is 6.04. The third kappa shape index (κ3) is 2.16. The van der Waals surface area contributed by atoms with Crippen molar-refractivity contribution in [3.63, 3.8) is 0 Å². The van der Waals surface area contributed by atoms with Gasteiger partial charge in [-0.1, -0.05) is 12.1 Å². The fourth-order valence-electron chi connectivity index (χ4n) is 3.57. The molecule has 4 heterocycles. The van der Waals surface area contributed by atoms with E-state index >= 15 is 0 Å². The van der Waals surface area contributed by atoms with Gasteiger partial charge >= 0.3 is 0 Å². The Morgan fingerprint density at radius 2 is 2.00 bits per heavy atom. The minimum atomic E-state index is -0.0873. The Morgan fingerprint density at radius 1 is 1.20 bits per heavy atom. The number of para-hydroxylation sites is 2. The number of nitrogens with zero attached hydrogens (tertiary/aromatic N) is 5. The van der Waals surface area contributed by atoms with Crippen molar-refractivity contribution in [3.05, 3.63) is 40.9 Å². The summed E-state index contributed by atoms with van der Waals surface area (Å²) in [6, 6.07) is 7.67. The van der Waals surface area contributed by atoms with Crippen molar-refractivity contribution < 1.29 is 4.74 Å². The highest BCUT2D eigenvalue weighted by atomic mass is 16.5. The van der Waals surface area contributed by atoms with Crippen LogP contribution in [0.3, 0.4) is 0 Å². The smallest absolute Gasteiger partial charge is 0.265 e. The van der Waals surface area contributed by atoms with Crippen LogP contribution in [-0.2, 0) is 18.3 Å². The molecular formula is C18H17N5O2. The summed E-state index contributed by atoms with van der Waals surface area (Å²) in [5, 5.41) is 0.524. The van der Waals surface area contributed by atoms with E-state index in [-0.39, 0.29) is 11.7 Å². The second-order valence-electron chi connectivity index (χ2n) is 6.48. The monoisotopic (exact) mass is 335 g/mol. The van der Waals surface area contributed by atoms with Gasteiger partial charge in [0.15, 0.2) is 11.3 Å². The summed E-state index contributed by atoms with van der Waals surface area (Å²) in [6.07, 6.45) is 3.70. The minimum Gasteiger partial charge on any atom is -0.376 e. The summed E-state index contributed by atoms with van der Waals surface area (Å²) >= 11 is 0. The molecule has 126 valence electrons. The lowest BCUT2D eigenvalue weighted by atomic mass is 10.2. The second-order valence-corrected chi connectivity index (χ2v) is 6.48. The van der Waals surface area contributed by atoms with Gasteiger partial charge < -0.3 is 9.30 Å². The third-order valence-electron chi connectivity index (χ3n) is 4.87. The van der Waals surface area contributed by atoms with E-state index in [2.05, 4.69) is 9.97 Å². The molecule has 7 nitrogen and oxygen atoms in total. The Morgan fingerprint density at radius 3 is 2.76 bits per heavy atom. The van der Waals surface area contributed by atoms with E-state index in [0.29, 0.717) is 28.7 Å². The van der Waals surface area contributed by atoms with Crippen LogP contribution in [0.25, 0.3) is 33.2 Å². The van der Waals surface area contributed by atoms with Crippen molar-refractivity contribution >= 4 is 33.2 Å². The summed E-state index contributed by atoms with van der Waals surface area (Å²) in [5.74, 6) is 0. The van der Waals surface area contributed by atoms with Crippen molar-refractivity contribution in [2.24, 2.45) is 7.05 Å². The lowest BCUT2D eigenvalue weighted by Gasteiger charge is -2.11. The first-order valence-corrected chi connectivity index (χ1v) is 8.44. The highest BCUT2D eigenvalue weighted by Gasteiger charge is 2.21. The van der Waals surface area contributed by atoms with E-state index in [0.717, 1.165) is 30.5 Å². The SMILES string of the molecule is Cn1c2nc3ccccc3nc2c2c(=O)n(C[C@H]3CCCO3)cnc21. The third-order valence-corrected chi connectivity index (χ3v) is 4.87. The van der Waals surface area contributed by atoms with Crippen LogP contribution in [0.4, 0.5) is 0 Å². The first-order valence-electron chi connectivity index (χ1n) is 8.44. The molecule has 1 atom stereocenters. The average Bonchev–Trinajstić information content (AvgIpc) is 3.23. The van der Waals surface area contributed by atoms with Gasteiger partial charge in [-0.25, -0.2) is 15.0 Å². The molecule has 1 saturated heterocycles. The molecule has 3 aromatic heterocycles. The van der Waals surface area contributed by atoms with E-state index in [1.807, 2.05) is 35.9 Å². The minimum absolute atomic E-state index is 0.0823. The maximum absolute atomic E-state index is 13.1. The van der Waals surface area contributed by atoms with Crippen LogP contribution in [0.1, 0.15) is 12.8 Å². The lowest BCUT2D eigenvalue weighted by molar-refractivity contribution is 0.0960. The first kappa shape index (κ1) is 14.5. The van der Waals surface area contributed by atoms with E-state index in [4.69, 9.17) is 9.72 Å². The molecule has 0 saturated carbocycles. The summed E-state index contributed by atoms with van der Waals surface area (Å²) in [4.78, 5) is 26.9. The molecule has 7 heteroatoms. The van der Waals surface area contributed by atoms with Crippen LogP contribution >= 0.6 is 0 Å².